The number of hydrogen-bond donors (Lipinski definition) is 1. The van der Waals surface area contributed by atoms with Gasteiger partial charge >= 0.3 is 0 Å². The van der Waals surface area contributed by atoms with Crippen molar-refractivity contribution in [1.29, 1.82) is 0 Å². The van der Waals surface area contributed by atoms with Crippen molar-refractivity contribution in [2.45, 2.75) is 13.0 Å². The Morgan fingerprint density at radius 1 is 1.12 bits per heavy atom. The summed E-state index contributed by atoms with van der Waals surface area (Å²) in [6, 6.07) is 13.6. The van der Waals surface area contributed by atoms with Crippen LogP contribution >= 0.6 is 0 Å². The SMILES string of the molecule is C=CC(=O)N1CCN2C[C@@H]1COc1cc3ncnc(Nc4ccc(Oc5ccc6c(c5)ncn6C)c(C)c4)c3nc12. The van der Waals surface area contributed by atoms with Gasteiger partial charge in [0.1, 0.15) is 29.9 Å². The molecule has 7 rings (SSSR count). The molecule has 0 aliphatic carbocycles. The summed E-state index contributed by atoms with van der Waals surface area (Å²) in [4.78, 5) is 34.6. The Morgan fingerprint density at radius 2 is 2.02 bits per heavy atom. The fourth-order valence-corrected chi connectivity index (χ4v) is 5.45. The number of imidazole rings is 1. The minimum absolute atomic E-state index is 0.0789. The second-order valence-electron chi connectivity index (χ2n) is 10.3. The van der Waals surface area contributed by atoms with E-state index in [1.807, 2.05) is 65.9 Å². The first-order chi connectivity index (χ1) is 20.0. The van der Waals surface area contributed by atoms with E-state index in [-0.39, 0.29) is 11.9 Å². The van der Waals surface area contributed by atoms with Crippen LogP contribution in [0.15, 0.2) is 67.8 Å². The van der Waals surface area contributed by atoms with Crippen LogP contribution in [0.4, 0.5) is 17.3 Å². The van der Waals surface area contributed by atoms with Crippen LogP contribution in [0.25, 0.3) is 22.1 Å². The van der Waals surface area contributed by atoms with Gasteiger partial charge in [0.25, 0.3) is 0 Å². The van der Waals surface area contributed by atoms with E-state index in [0.29, 0.717) is 48.8 Å². The number of ether oxygens (including phenoxy) is 2. The molecule has 2 aliphatic rings. The highest BCUT2D eigenvalue weighted by Crippen LogP contribution is 2.36. The highest BCUT2D eigenvalue weighted by Gasteiger charge is 2.34. The zero-order valence-electron chi connectivity index (χ0n) is 22.7. The van der Waals surface area contributed by atoms with E-state index >= 15 is 0 Å². The molecule has 206 valence electrons. The van der Waals surface area contributed by atoms with E-state index in [9.17, 15) is 4.79 Å². The number of piperazine rings is 1. The largest absolute Gasteiger partial charge is 0.487 e. The van der Waals surface area contributed by atoms with Gasteiger partial charge in [0, 0.05) is 44.5 Å². The molecule has 1 N–H and O–H groups in total. The average Bonchev–Trinajstić information content (AvgIpc) is 3.29. The van der Waals surface area contributed by atoms with Crippen molar-refractivity contribution < 1.29 is 14.3 Å². The first-order valence-electron chi connectivity index (χ1n) is 13.4. The molecule has 1 atom stereocenters. The fraction of sp³-hybridized carbons (Fsp3) is 0.233. The van der Waals surface area contributed by atoms with E-state index in [2.05, 4.69) is 31.7 Å². The Kier molecular flexibility index (Phi) is 5.92. The van der Waals surface area contributed by atoms with Crippen LogP contribution in [-0.2, 0) is 11.8 Å². The molecule has 0 spiro atoms. The summed E-state index contributed by atoms with van der Waals surface area (Å²) >= 11 is 0. The molecule has 1 saturated heterocycles. The first kappa shape index (κ1) is 24.8. The number of hydrogen-bond acceptors (Lipinski definition) is 9. The van der Waals surface area contributed by atoms with Crippen molar-refractivity contribution >= 4 is 45.3 Å². The summed E-state index contributed by atoms with van der Waals surface area (Å²) in [5.74, 6) is 3.37. The van der Waals surface area contributed by atoms with E-state index in [0.717, 1.165) is 39.6 Å². The van der Waals surface area contributed by atoms with Gasteiger partial charge in [-0.1, -0.05) is 6.58 Å². The maximum atomic E-state index is 12.3. The maximum Gasteiger partial charge on any atom is 0.246 e. The zero-order chi connectivity index (χ0) is 28.1. The van der Waals surface area contributed by atoms with Crippen molar-refractivity contribution in [2.24, 2.45) is 7.05 Å². The lowest BCUT2D eigenvalue weighted by atomic mass is 10.1. The molecule has 3 aromatic heterocycles. The van der Waals surface area contributed by atoms with Crippen LogP contribution in [0.1, 0.15) is 5.56 Å². The van der Waals surface area contributed by atoms with Crippen molar-refractivity contribution in [1.82, 2.24) is 29.4 Å². The van der Waals surface area contributed by atoms with Crippen LogP contribution in [-0.4, -0.2) is 67.6 Å². The van der Waals surface area contributed by atoms with Gasteiger partial charge < -0.3 is 29.2 Å². The van der Waals surface area contributed by atoms with Crippen molar-refractivity contribution in [3.63, 3.8) is 0 Å². The van der Waals surface area contributed by atoms with Crippen LogP contribution < -0.4 is 19.7 Å². The van der Waals surface area contributed by atoms with Crippen molar-refractivity contribution in [3.05, 3.63) is 73.3 Å². The van der Waals surface area contributed by atoms with Crippen LogP contribution in [0.3, 0.4) is 0 Å². The van der Waals surface area contributed by atoms with Crippen molar-refractivity contribution in [3.8, 4) is 17.2 Å². The maximum absolute atomic E-state index is 12.3. The van der Waals surface area contributed by atoms with Gasteiger partial charge in [-0.2, -0.15) is 0 Å². The van der Waals surface area contributed by atoms with Gasteiger partial charge in [0.05, 0.1) is 28.9 Å². The van der Waals surface area contributed by atoms with Gasteiger partial charge in [-0.15, -0.1) is 0 Å². The average molecular weight is 549 g/mol. The Labute approximate surface area is 236 Å². The summed E-state index contributed by atoms with van der Waals surface area (Å²) in [7, 11) is 1.97. The molecule has 11 heteroatoms. The smallest absolute Gasteiger partial charge is 0.246 e. The Bertz CT molecular complexity index is 1830. The molecule has 1 fully saturated rings. The number of carbonyl (C=O) groups excluding carboxylic acids is 1. The quantitative estimate of drug-likeness (QED) is 0.321. The van der Waals surface area contributed by atoms with Crippen molar-refractivity contribution in [2.75, 3.05) is 36.5 Å². The van der Waals surface area contributed by atoms with Crippen LogP contribution in [0.5, 0.6) is 17.2 Å². The third-order valence-electron chi connectivity index (χ3n) is 7.59. The van der Waals surface area contributed by atoms with E-state index < -0.39 is 0 Å². The number of aromatic nitrogens is 5. The van der Waals surface area contributed by atoms with Crippen LogP contribution in [0, 0.1) is 6.92 Å². The summed E-state index contributed by atoms with van der Waals surface area (Å²) < 4.78 is 14.3. The molecule has 2 bridgehead atoms. The molecule has 2 aliphatic heterocycles. The first-order valence-corrected chi connectivity index (χ1v) is 13.4. The number of nitrogens with one attached hydrogen (secondary N) is 1. The summed E-state index contributed by atoms with van der Waals surface area (Å²) in [5.41, 5.74) is 5.05. The number of fused-ring (bicyclic) bond motifs is 6. The lowest BCUT2D eigenvalue weighted by Gasteiger charge is -2.39. The molecule has 5 heterocycles. The lowest BCUT2D eigenvalue weighted by Crippen LogP contribution is -2.56. The fourth-order valence-electron chi connectivity index (χ4n) is 5.45. The van der Waals surface area contributed by atoms with Gasteiger partial charge in [0.2, 0.25) is 5.91 Å². The predicted octanol–water partition coefficient (Wildman–Crippen LogP) is 4.35. The summed E-state index contributed by atoms with van der Waals surface area (Å²) in [5, 5.41) is 3.41. The highest BCUT2D eigenvalue weighted by molar-refractivity contribution is 5.90. The van der Waals surface area contributed by atoms with E-state index in [4.69, 9.17) is 14.5 Å². The second-order valence-corrected chi connectivity index (χ2v) is 10.3. The lowest BCUT2D eigenvalue weighted by molar-refractivity contribution is -0.129. The second kappa shape index (κ2) is 9.77. The summed E-state index contributed by atoms with van der Waals surface area (Å²) in [6.07, 6.45) is 4.66. The normalized spacial score (nSPS) is 16.2. The molecule has 1 amide bonds. The minimum Gasteiger partial charge on any atom is -0.487 e. The molecule has 11 nitrogen and oxygen atoms in total. The molecule has 0 saturated carbocycles. The standard InChI is InChI=1S/C30H28N8O3/c1-4-27(39)38-10-9-37-14-20(38)15-40-26-13-23-28(35-30(26)37)29(32-16-31-23)34-19-5-8-25(18(2)11-19)41-21-6-7-24-22(12-21)33-17-36(24)3/h4-8,11-13,16-17,20H,1,9-10,14-15H2,2-3H3,(H,31,32,34)/t20-/m1/s1. The number of rotatable bonds is 5. The number of carbonyl (C=O) groups is 1. The van der Waals surface area contributed by atoms with Crippen LogP contribution in [0.2, 0.25) is 0 Å². The molecule has 41 heavy (non-hydrogen) atoms. The topological polar surface area (TPSA) is 111 Å². The molecular weight excluding hydrogens is 520 g/mol. The Balaban J connectivity index is 1.15. The predicted molar refractivity (Wildman–Crippen MR) is 156 cm³/mol. The van der Waals surface area contributed by atoms with E-state index in [1.165, 1.54) is 12.4 Å². The molecule has 5 aromatic rings. The number of nitrogens with zero attached hydrogens (tertiary/aromatic N) is 7. The Hall–Kier alpha value is -5.19. The highest BCUT2D eigenvalue weighted by atomic mass is 16.5. The Morgan fingerprint density at radius 3 is 2.88 bits per heavy atom. The molecule has 0 unspecified atom stereocenters. The third kappa shape index (κ3) is 4.45. The van der Waals surface area contributed by atoms with Gasteiger partial charge in [-0.25, -0.2) is 19.9 Å². The number of pyridine rings is 1. The molecule has 2 aromatic carbocycles. The van der Waals surface area contributed by atoms with Gasteiger partial charge in [0.15, 0.2) is 17.4 Å². The third-order valence-corrected chi connectivity index (χ3v) is 7.59. The molecule has 0 radical (unpaired) electrons. The van der Waals surface area contributed by atoms with Gasteiger partial charge in [-0.05, 0) is 48.9 Å². The number of aryl methyl sites for hydroxylation is 2. The van der Waals surface area contributed by atoms with E-state index in [1.54, 1.807) is 6.33 Å². The monoisotopic (exact) mass is 548 g/mol. The zero-order valence-corrected chi connectivity index (χ0v) is 22.7. The molecular formula is C30H28N8O3. The number of amides is 1. The minimum atomic E-state index is -0.0827. The number of benzene rings is 2. The summed E-state index contributed by atoms with van der Waals surface area (Å²) in [6.45, 7) is 7.88. The number of anilines is 3. The van der Waals surface area contributed by atoms with Gasteiger partial charge in [-0.3, -0.25) is 4.79 Å².